The molecule has 0 unspecified atom stereocenters. The lowest BCUT2D eigenvalue weighted by atomic mass is 10.1. The maximum absolute atomic E-state index is 12.7. The Morgan fingerprint density at radius 1 is 1.25 bits per heavy atom. The second kappa shape index (κ2) is 7.65. The van der Waals surface area contributed by atoms with Crippen LogP contribution in [-0.2, 0) is 4.79 Å². The molecule has 0 bridgehead atoms. The average molecular weight is 411 g/mol. The average Bonchev–Trinajstić information content (AvgIpc) is 3.40. The quantitative estimate of drug-likeness (QED) is 0.466. The number of hydrogen-bond acceptors (Lipinski definition) is 6. The monoisotopic (exact) mass is 410 g/mol. The molecule has 4 aromatic heterocycles. The number of carbonyl (C=O) groups is 2. The molecule has 1 N–H and O–H groups in total. The smallest absolute Gasteiger partial charge is 0.225 e. The summed E-state index contributed by atoms with van der Waals surface area (Å²) in [6, 6.07) is 7.41. The van der Waals surface area contributed by atoms with Crippen molar-refractivity contribution in [2.24, 2.45) is 5.92 Å². The molecule has 8 heteroatoms. The summed E-state index contributed by atoms with van der Waals surface area (Å²) >= 11 is 2.86. The molecule has 0 aliphatic rings. The van der Waals surface area contributed by atoms with Gasteiger partial charge in [-0.05, 0) is 29.5 Å². The molecule has 1 amide bonds. The number of fused-ring (bicyclic) bond motifs is 1. The summed E-state index contributed by atoms with van der Waals surface area (Å²) in [4.78, 5) is 29.7. The predicted octanol–water partition coefficient (Wildman–Crippen LogP) is 4.73. The number of hydrogen-bond donors (Lipinski definition) is 1. The molecule has 0 spiro atoms. The fourth-order valence-corrected chi connectivity index (χ4v) is 4.39. The molecular weight excluding hydrogens is 392 g/mol. The van der Waals surface area contributed by atoms with Gasteiger partial charge in [0.25, 0.3) is 0 Å². The van der Waals surface area contributed by atoms with E-state index in [2.05, 4.69) is 15.4 Å². The van der Waals surface area contributed by atoms with Crippen molar-refractivity contribution in [3.63, 3.8) is 0 Å². The van der Waals surface area contributed by atoms with E-state index in [1.54, 1.807) is 23.0 Å². The van der Waals surface area contributed by atoms with E-state index in [-0.39, 0.29) is 11.7 Å². The Morgan fingerprint density at radius 2 is 2.11 bits per heavy atom. The molecule has 4 aromatic rings. The van der Waals surface area contributed by atoms with Crippen LogP contribution in [0.4, 0.5) is 5.00 Å². The predicted molar refractivity (Wildman–Crippen MR) is 112 cm³/mol. The van der Waals surface area contributed by atoms with Crippen LogP contribution >= 0.6 is 22.7 Å². The van der Waals surface area contributed by atoms with Crippen molar-refractivity contribution >= 4 is 45.0 Å². The van der Waals surface area contributed by atoms with Gasteiger partial charge >= 0.3 is 0 Å². The van der Waals surface area contributed by atoms with Crippen LogP contribution in [0, 0.1) is 5.92 Å². The highest BCUT2D eigenvalue weighted by molar-refractivity contribution is 7.14. The Hall–Kier alpha value is -2.84. The van der Waals surface area contributed by atoms with Crippen molar-refractivity contribution < 1.29 is 9.59 Å². The van der Waals surface area contributed by atoms with E-state index in [1.165, 1.54) is 22.7 Å². The van der Waals surface area contributed by atoms with E-state index in [1.807, 2.05) is 42.8 Å². The van der Waals surface area contributed by atoms with Crippen molar-refractivity contribution in [2.75, 3.05) is 5.32 Å². The van der Waals surface area contributed by atoms with E-state index >= 15 is 0 Å². The minimum absolute atomic E-state index is 0.00574. The maximum atomic E-state index is 12.7. The maximum Gasteiger partial charge on any atom is 0.225 e. The fraction of sp³-hybridized carbons (Fsp3) is 0.200. The minimum Gasteiger partial charge on any atom is -0.318 e. The minimum atomic E-state index is -0.0818. The second-order valence-electron chi connectivity index (χ2n) is 6.78. The van der Waals surface area contributed by atoms with Crippen LogP contribution in [0.3, 0.4) is 0 Å². The van der Waals surface area contributed by atoms with Gasteiger partial charge in [0.15, 0.2) is 5.65 Å². The summed E-state index contributed by atoms with van der Waals surface area (Å²) in [5, 5.41) is 11.9. The van der Waals surface area contributed by atoms with Gasteiger partial charge in [-0.1, -0.05) is 19.9 Å². The third kappa shape index (κ3) is 3.61. The number of rotatable bonds is 6. The van der Waals surface area contributed by atoms with E-state index in [0.29, 0.717) is 28.4 Å². The number of ketones is 1. The van der Waals surface area contributed by atoms with E-state index in [0.717, 1.165) is 16.3 Å². The molecule has 4 heterocycles. The topological polar surface area (TPSA) is 76.4 Å². The molecule has 0 atom stereocenters. The van der Waals surface area contributed by atoms with E-state index < -0.39 is 0 Å². The van der Waals surface area contributed by atoms with Gasteiger partial charge < -0.3 is 5.32 Å². The number of thiophene rings is 2. The highest BCUT2D eigenvalue weighted by Crippen LogP contribution is 2.30. The van der Waals surface area contributed by atoms with Crippen LogP contribution in [-0.4, -0.2) is 26.3 Å². The van der Waals surface area contributed by atoms with Crippen molar-refractivity contribution in [3.05, 3.63) is 57.9 Å². The number of nitrogens with one attached hydrogen (secondary N) is 1. The van der Waals surface area contributed by atoms with Crippen molar-refractivity contribution in [1.82, 2.24) is 14.6 Å². The molecule has 6 nitrogen and oxygen atoms in total. The molecule has 142 valence electrons. The Kier molecular flexibility index (Phi) is 5.06. The van der Waals surface area contributed by atoms with Gasteiger partial charge in [0.1, 0.15) is 0 Å². The first-order valence-electron chi connectivity index (χ1n) is 8.82. The van der Waals surface area contributed by atoms with Gasteiger partial charge in [-0.3, -0.25) is 9.59 Å². The van der Waals surface area contributed by atoms with Crippen molar-refractivity contribution in [1.29, 1.82) is 0 Å². The van der Waals surface area contributed by atoms with Crippen LogP contribution in [0.5, 0.6) is 0 Å². The highest BCUT2D eigenvalue weighted by atomic mass is 32.1. The Balaban J connectivity index is 1.65. The number of carbonyl (C=O) groups excluding carboxylic acids is 2. The third-order valence-electron chi connectivity index (χ3n) is 4.14. The zero-order chi connectivity index (χ0) is 19.7. The summed E-state index contributed by atoms with van der Waals surface area (Å²) in [5.41, 5.74) is 2.73. The lowest BCUT2D eigenvalue weighted by molar-refractivity contribution is -0.116. The molecule has 0 radical (unpaired) electrons. The Morgan fingerprint density at radius 3 is 2.86 bits per heavy atom. The van der Waals surface area contributed by atoms with Crippen LogP contribution in [0.15, 0.2) is 47.4 Å². The first-order chi connectivity index (χ1) is 13.5. The third-order valence-corrected chi connectivity index (χ3v) is 5.86. The molecule has 0 saturated heterocycles. The van der Waals surface area contributed by atoms with E-state index in [9.17, 15) is 9.59 Å². The van der Waals surface area contributed by atoms with Gasteiger partial charge in [0, 0.05) is 23.6 Å². The Bertz CT molecular complexity index is 1140. The van der Waals surface area contributed by atoms with E-state index in [4.69, 9.17) is 0 Å². The summed E-state index contributed by atoms with van der Waals surface area (Å²) in [6.07, 6.45) is 3.72. The molecule has 0 aliphatic carbocycles. The molecule has 0 fully saturated rings. The zero-order valence-electron chi connectivity index (χ0n) is 15.4. The lowest BCUT2D eigenvalue weighted by Gasteiger charge is -2.04. The fourth-order valence-electron chi connectivity index (χ4n) is 2.91. The first kappa shape index (κ1) is 18.5. The van der Waals surface area contributed by atoms with Gasteiger partial charge in [-0.25, -0.2) is 9.50 Å². The number of amides is 1. The first-order valence-corrected chi connectivity index (χ1v) is 10.6. The van der Waals surface area contributed by atoms with Crippen LogP contribution in [0.2, 0.25) is 0 Å². The van der Waals surface area contributed by atoms with Crippen molar-refractivity contribution in [2.45, 2.75) is 20.3 Å². The number of nitrogens with zero attached hydrogens (tertiary/aromatic N) is 3. The van der Waals surface area contributed by atoms with Gasteiger partial charge in [0.05, 0.1) is 27.3 Å². The molecule has 0 aromatic carbocycles. The summed E-state index contributed by atoms with van der Waals surface area (Å²) in [6.45, 7) is 4.03. The molecule has 28 heavy (non-hydrogen) atoms. The van der Waals surface area contributed by atoms with Crippen molar-refractivity contribution in [3.8, 4) is 11.3 Å². The summed E-state index contributed by atoms with van der Waals surface area (Å²) < 4.78 is 1.67. The van der Waals surface area contributed by atoms with Crippen LogP contribution < -0.4 is 5.32 Å². The summed E-state index contributed by atoms with van der Waals surface area (Å²) in [5.74, 6) is 0.232. The Labute approximate surface area is 169 Å². The molecular formula is C20H18N4O2S2. The number of aromatic nitrogens is 3. The van der Waals surface area contributed by atoms with Gasteiger partial charge in [-0.2, -0.15) is 5.10 Å². The standard InChI is InChI=1S/C20H18N4O2S2/c1-12(2)8-17(25)23-18-9-13(11-28-18)15-5-6-21-20-14(10-22-24(15)20)19(26)16-4-3-7-27-16/h3-7,9-12H,8H2,1-2H3,(H,23,25). The lowest BCUT2D eigenvalue weighted by Crippen LogP contribution is -2.12. The molecule has 0 aliphatic heterocycles. The van der Waals surface area contributed by atoms with Gasteiger partial charge in [0.2, 0.25) is 11.7 Å². The van der Waals surface area contributed by atoms with Crippen LogP contribution in [0.25, 0.3) is 16.9 Å². The SMILES string of the molecule is CC(C)CC(=O)Nc1cc(-c2ccnc3c(C(=O)c4cccs4)cnn23)cs1. The zero-order valence-corrected chi connectivity index (χ0v) is 17.0. The largest absolute Gasteiger partial charge is 0.318 e. The molecule has 4 rings (SSSR count). The van der Waals surface area contributed by atoms with Crippen LogP contribution in [0.1, 0.15) is 35.5 Å². The molecule has 0 saturated carbocycles. The normalized spacial score (nSPS) is 11.2. The second-order valence-corrected chi connectivity index (χ2v) is 8.63. The number of anilines is 1. The summed E-state index contributed by atoms with van der Waals surface area (Å²) in [7, 11) is 0. The van der Waals surface area contributed by atoms with Gasteiger partial charge in [-0.15, -0.1) is 22.7 Å². The highest BCUT2D eigenvalue weighted by Gasteiger charge is 2.19.